The smallest absolute Gasteiger partial charge is 0.315 e. The highest BCUT2D eigenvalue weighted by atomic mass is 16.4. The first-order valence-corrected chi connectivity index (χ1v) is 6.04. The van der Waals surface area contributed by atoms with Crippen LogP contribution in [0.2, 0.25) is 0 Å². The second kappa shape index (κ2) is 3.62. The van der Waals surface area contributed by atoms with Crippen molar-refractivity contribution < 1.29 is 9.90 Å². The topological polar surface area (TPSA) is 53.1 Å². The van der Waals surface area contributed by atoms with E-state index in [4.69, 9.17) is 0 Å². The number of rotatable bonds is 2. The van der Waals surface area contributed by atoms with Gasteiger partial charge in [0.1, 0.15) is 5.41 Å². The summed E-state index contributed by atoms with van der Waals surface area (Å²) in [6, 6.07) is 9.94. The largest absolute Gasteiger partial charge is 0.481 e. The van der Waals surface area contributed by atoms with Crippen molar-refractivity contribution in [1.82, 2.24) is 4.98 Å². The Balaban J connectivity index is 2.15. The van der Waals surface area contributed by atoms with Crippen molar-refractivity contribution in [2.75, 3.05) is 0 Å². The fraction of sp³-hybridized carbons (Fsp3) is 0.357. The van der Waals surface area contributed by atoms with Gasteiger partial charge < -0.3 is 10.1 Å². The molecule has 1 aliphatic rings. The van der Waals surface area contributed by atoms with Crippen molar-refractivity contribution >= 4 is 16.9 Å². The first-order valence-electron chi connectivity index (χ1n) is 6.04. The van der Waals surface area contributed by atoms with Gasteiger partial charge >= 0.3 is 5.97 Å². The Morgan fingerprint density at radius 2 is 1.94 bits per heavy atom. The van der Waals surface area contributed by atoms with Crippen molar-refractivity contribution in [3.63, 3.8) is 0 Å². The van der Waals surface area contributed by atoms with Crippen LogP contribution in [0.1, 0.15) is 31.4 Å². The van der Waals surface area contributed by atoms with Gasteiger partial charge in [-0.1, -0.05) is 31.0 Å². The summed E-state index contributed by atoms with van der Waals surface area (Å²) < 4.78 is 0. The molecule has 0 spiro atoms. The van der Waals surface area contributed by atoms with Crippen LogP contribution in [0.15, 0.2) is 30.3 Å². The number of benzene rings is 1. The first kappa shape index (κ1) is 10.4. The summed E-state index contributed by atoms with van der Waals surface area (Å²) in [6.45, 7) is 0. The van der Waals surface area contributed by atoms with Gasteiger partial charge in [0.2, 0.25) is 0 Å². The third kappa shape index (κ3) is 1.46. The normalized spacial score (nSPS) is 18.6. The van der Waals surface area contributed by atoms with Gasteiger partial charge in [-0.2, -0.15) is 0 Å². The van der Waals surface area contributed by atoms with E-state index in [1.807, 2.05) is 30.3 Å². The highest BCUT2D eigenvalue weighted by molar-refractivity contribution is 5.86. The monoisotopic (exact) mass is 229 g/mol. The number of hydrogen-bond acceptors (Lipinski definition) is 1. The highest BCUT2D eigenvalue weighted by Crippen LogP contribution is 2.41. The van der Waals surface area contributed by atoms with E-state index in [0.717, 1.165) is 42.3 Å². The maximum atomic E-state index is 11.6. The molecule has 0 unspecified atom stereocenters. The van der Waals surface area contributed by atoms with Gasteiger partial charge in [-0.05, 0) is 30.4 Å². The van der Waals surface area contributed by atoms with Gasteiger partial charge in [0, 0.05) is 11.2 Å². The number of carboxylic acid groups (broad SMARTS) is 1. The van der Waals surface area contributed by atoms with Gasteiger partial charge in [-0.15, -0.1) is 0 Å². The number of hydrogen-bond donors (Lipinski definition) is 2. The Morgan fingerprint density at radius 1 is 1.24 bits per heavy atom. The molecule has 0 saturated heterocycles. The molecule has 2 N–H and O–H groups in total. The van der Waals surface area contributed by atoms with Crippen LogP contribution in [-0.2, 0) is 10.2 Å². The van der Waals surface area contributed by atoms with Crippen LogP contribution < -0.4 is 0 Å². The van der Waals surface area contributed by atoms with Crippen LogP contribution >= 0.6 is 0 Å². The molecule has 1 aromatic heterocycles. The minimum Gasteiger partial charge on any atom is -0.481 e. The van der Waals surface area contributed by atoms with Crippen LogP contribution in [0.3, 0.4) is 0 Å². The van der Waals surface area contributed by atoms with Crippen molar-refractivity contribution in [3.8, 4) is 0 Å². The predicted octanol–water partition coefficient (Wildman–Crippen LogP) is 3.06. The second-order valence-electron chi connectivity index (χ2n) is 4.86. The molecule has 0 atom stereocenters. The third-order valence-electron chi connectivity index (χ3n) is 3.91. The zero-order valence-corrected chi connectivity index (χ0v) is 9.57. The molecule has 3 nitrogen and oxygen atoms in total. The quantitative estimate of drug-likeness (QED) is 0.831. The number of para-hydroxylation sites is 1. The van der Waals surface area contributed by atoms with Crippen LogP contribution in [0, 0.1) is 0 Å². The number of carboxylic acids is 1. The van der Waals surface area contributed by atoms with Crippen molar-refractivity contribution in [3.05, 3.63) is 36.0 Å². The molecule has 1 aliphatic carbocycles. The Bertz CT molecular complexity index is 531. The van der Waals surface area contributed by atoms with E-state index in [1.165, 1.54) is 0 Å². The minimum absolute atomic E-state index is 0.682. The van der Waals surface area contributed by atoms with Crippen LogP contribution in [0.5, 0.6) is 0 Å². The maximum absolute atomic E-state index is 11.6. The number of aromatic amines is 1. The molecular formula is C14H15NO2. The van der Waals surface area contributed by atoms with Gasteiger partial charge in [0.25, 0.3) is 0 Å². The van der Waals surface area contributed by atoms with Crippen LogP contribution in [0.4, 0.5) is 0 Å². The summed E-state index contributed by atoms with van der Waals surface area (Å²) in [5.41, 5.74) is 1.21. The first-order chi connectivity index (χ1) is 8.22. The van der Waals surface area contributed by atoms with E-state index < -0.39 is 11.4 Å². The molecule has 1 fully saturated rings. The van der Waals surface area contributed by atoms with Gasteiger partial charge in [0.15, 0.2) is 0 Å². The Hall–Kier alpha value is -1.77. The molecular weight excluding hydrogens is 214 g/mol. The number of nitrogens with one attached hydrogen (secondary N) is 1. The zero-order valence-electron chi connectivity index (χ0n) is 9.57. The van der Waals surface area contributed by atoms with E-state index in [-0.39, 0.29) is 0 Å². The molecule has 1 aromatic carbocycles. The van der Waals surface area contributed by atoms with Gasteiger partial charge in [-0.3, -0.25) is 4.79 Å². The lowest BCUT2D eigenvalue weighted by molar-refractivity contribution is -0.143. The van der Waals surface area contributed by atoms with E-state index in [9.17, 15) is 9.90 Å². The third-order valence-corrected chi connectivity index (χ3v) is 3.91. The standard InChI is InChI=1S/C14H15NO2/c16-13(17)14(7-3-4-8-14)12-9-10-5-1-2-6-11(10)15-12/h1-2,5-6,9,15H,3-4,7-8H2,(H,16,17). The average molecular weight is 229 g/mol. The van der Waals surface area contributed by atoms with Crippen LogP contribution in [-0.4, -0.2) is 16.1 Å². The summed E-state index contributed by atoms with van der Waals surface area (Å²) >= 11 is 0. The number of H-pyrrole nitrogens is 1. The second-order valence-corrected chi connectivity index (χ2v) is 4.86. The molecule has 0 radical (unpaired) electrons. The van der Waals surface area contributed by atoms with Crippen molar-refractivity contribution in [2.24, 2.45) is 0 Å². The highest BCUT2D eigenvalue weighted by Gasteiger charge is 2.44. The molecule has 17 heavy (non-hydrogen) atoms. The average Bonchev–Trinajstić information content (AvgIpc) is 2.96. The van der Waals surface area contributed by atoms with Gasteiger partial charge in [0.05, 0.1) is 0 Å². The lowest BCUT2D eigenvalue weighted by Gasteiger charge is -2.22. The van der Waals surface area contributed by atoms with Crippen LogP contribution in [0.25, 0.3) is 10.9 Å². The number of fused-ring (bicyclic) bond motifs is 1. The molecule has 0 amide bonds. The summed E-state index contributed by atoms with van der Waals surface area (Å²) in [6.07, 6.45) is 3.49. The maximum Gasteiger partial charge on any atom is 0.315 e. The fourth-order valence-electron chi connectivity index (χ4n) is 2.91. The summed E-state index contributed by atoms with van der Waals surface area (Å²) in [7, 11) is 0. The molecule has 0 aliphatic heterocycles. The van der Waals surface area contributed by atoms with Gasteiger partial charge in [-0.25, -0.2) is 0 Å². The Labute approximate surface area is 99.5 Å². The van der Waals surface area contributed by atoms with Crippen molar-refractivity contribution in [2.45, 2.75) is 31.1 Å². The summed E-state index contributed by atoms with van der Waals surface area (Å²) in [4.78, 5) is 14.9. The SMILES string of the molecule is O=C(O)C1(c2cc3ccccc3[nH]2)CCCC1. The Kier molecular flexibility index (Phi) is 2.21. The molecule has 2 aromatic rings. The molecule has 88 valence electrons. The lowest BCUT2D eigenvalue weighted by atomic mass is 9.83. The minimum atomic E-state index is -0.693. The molecule has 3 rings (SSSR count). The predicted molar refractivity (Wildman–Crippen MR) is 66.1 cm³/mol. The Morgan fingerprint density at radius 3 is 2.59 bits per heavy atom. The molecule has 1 heterocycles. The summed E-state index contributed by atoms with van der Waals surface area (Å²) in [5.74, 6) is -0.693. The number of carbonyl (C=O) groups is 1. The molecule has 0 bridgehead atoms. The summed E-state index contributed by atoms with van der Waals surface area (Å²) in [5, 5.41) is 10.6. The van der Waals surface area contributed by atoms with E-state index in [1.54, 1.807) is 0 Å². The lowest BCUT2D eigenvalue weighted by Crippen LogP contribution is -2.32. The fourth-order valence-corrected chi connectivity index (χ4v) is 2.91. The number of aliphatic carboxylic acids is 1. The van der Waals surface area contributed by atoms with E-state index in [0.29, 0.717) is 0 Å². The van der Waals surface area contributed by atoms with E-state index >= 15 is 0 Å². The number of aromatic nitrogens is 1. The molecule has 1 saturated carbocycles. The molecule has 3 heteroatoms. The van der Waals surface area contributed by atoms with Crippen molar-refractivity contribution in [1.29, 1.82) is 0 Å². The zero-order chi connectivity index (χ0) is 11.9. The van der Waals surface area contributed by atoms with E-state index in [2.05, 4.69) is 4.98 Å².